The lowest BCUT2D eigenvalue weighted by molar-refractivity contribution is -0.140. The number of hydrogen-bond donors (Lipinski definition) is 1. The van der Waals surface area contributed by atoms with Crippen LogP contribution in [0.1, 0.15) is 0 Å². The van der Waals surface area contributed by atoms with Crippen molar-refractivity contribution >= 4 is 27.8 Å². The van der Waals surface area contributed by atoms with Gasteiger partial charge in [0, 0.05) is 13.6 Å². The summed E-state index contributed by atoms with van der Waals surface area (Å²) in [4.78, 5) is 23.3. The summed E-state index contributed by atoms with van der Waals surface area (Å²) < 4.78 is 4.53. The van der Waals surface area contributed by atoms with Crippen LogP contribution in [0, 0.1) is 0 Å². The Kier molecular flexibility index (Phi) is 6.48. The van der Waals surface area contributed by atoms with Crippen LogP contribution in [0.2, 0.25) is 0 Å². The molecule has 0 aromatic rings. The summed E-state index contributed by atoms with van der Waals surface area (Å²) in [6.45, 7) is 0.690. The van der Waals surface area contributed by atoms with E-state index in [-0.39, 0.29) is 18.4 Å². The molecule has 5 nitrogen and oxygen atoms in total. The predicted octanol–water partition coefficient (Wildman–Crippen LogP) is -0.399. The van der Waals surface area contributed by atoms with Gasteiger partial charge in [0.25, 0.3) is 0 Å². The molecule has 6 heteroatoms. The first-order chi connectivity index (χ1) is 6.51. The number of carbonyl (C=O) groups excluding carboxylic acids is 2. The fourth-order valence-electron chi connectivity index (χ4n) is 0.865. The molecule has 14 heavy (non-hydrogen) atoms. The number of ether oxygens (including phenoxy) is 1. The van der Waals surface area contributed by atoms with Crippen LogP contribution >= 0.6 is 15.9 Å². The van der Waals surface area contributed by atoms with Gasteiger partial charge in [0.2, 0.25) is 5.91 Å². The molecule has 0 rings (SSSR count). The number of nitrogens with one attached hydrogen (secondary N) is 1. The van der Waals surface area contributed by atoms with Crippen molar-refractivity contribution in [2.24, 2.45) is 0 Å². The molecule has 0 aliphatic carbocycles. The minimum Gasteiger partial charge on any atom is -0.468 e. The standard InChI is InChI=1S/C8H15BrN2O3/c1-10-7(12)5-11(2)4-6(9)8(13)14-3/h6H,4-5H2,1-3H3,(H,10,12). The van der Waals surface area contributed by atoms with Crippen molar-refractivity contribution in [2.45, 2.75) is 4.83 Å². The van der Waals surface area contributed by atoms with Crippen LogP contribution in [0.15, 0.2) is 0 Å². The summed E-state index contributed by atoms with van der Waals surface area (Å²) in [5.74, 6) is -0.425. The second kappa shape index (κ2) is 6.78. The Morgan fingerprint density at radius 1 is 1.57 bits per heavy atom. The van der Waals surface area contributed by atoms with Crippen molar-refractivity contribution in [3.8, 4) is 0 Å². The number of alkyl halides is 1. The van der Waals surface area contributed by atoms with Gasteiger partial charge in [0.15, 0.2) is 0 Å². The van der Waals surface area contributed by atoms with Crippen molar-refractivity contribution < 1.29 is 14.3 Å². The van der Waals surface area contributed by atoms with E-state index in [1.807, 2.05) is 0 Å². The van der Waals surface area contributed by atoms with Gasteiger partial charge in [0.1, 0.15) is 4.83 Å². The van der Waals surface area contributed by atoms with E-state index >= 15 is 0 Å². The number of amides is 1. The van der Waals surface area contributed by atoms with E-state index in [0.717, 1.165) is 0 Å². The smallest absolute Gasteiger partial charge is 0.320 e. The number of methoxy groups -OCH3 is 1. The van der Waals surface area contributed by atoms with Crippen LogP contribution in [0.4, 0.5) is 0 Å². The second-order valence-corrected chi connectivity index (χ2v) is 3.97. The van der Waals surface area contributed by atoms with Gasteiger partial charge in [-0.15, -0.1) is 0 Å². The first-order valence-corrected chi connectivity index (χ1v) is 5.03. The van der Waals surface area contributed by atoms with Gasteiger partial charge in [-0.05, 0) is 7.05 Å². The van der Waals surface area contributed by atoms with Gasteiger partial charge in [0.05, 0.1) is 13.7 Å². The molecule has 0 saturated heterocycles. The van der Waals surface area contributed by atoms with E-state index in [2.05, 4.69) is 26.0 Å². The largest absolute Gasteiger partial charge is 0.468 e. The molecule has 0 fully saturated rings. The Hall–Kier alpha value is -0.620. The van der Waals surface area contributed by atoms with E-state index in [4.69, 9.17) is 0 Å². The molecule has 1 N–H and O–H groups in total. The first kappa shape index (κ1) is 13.4. The zero-order valence-corrected chi connectivity index (χ0v) is 10.1. The van der Waals surface area contributed by atoms with E-state index in [1.165, 1.54) is 7.11 Å². The summed E-state index contributed by atoms with van der Waals surface area (Å²) in [6.07, 6.45) is 0. The quantitative estimate of drug-likeness (QED) is 0.544. The van der Waals surface area contributed by atoms with Crippen molar-refractivity contribution in [1.82, 2.24) is 10.2 Å². The molecule has 0 aliphatic rings. The van der Waals surface area contributed by atoms with Crippen LogP contribution in [-0.2, 0) is 14.3 Å². The number of likely N-dealkylation sites (N-methyl/N-ethyl adjacent to an activating group) is 2. The molecular weight excluding hydrogens is 252 g/mol. The topological polar surface area (TPSA) is 58.6 Å². The van der Waals surface area contributed by atoms with Gasteiger partial charge in [-0.3, -0.25) is 14.5 Å². The molecule has 0 spiro atoms. The highest BCUT2D eigenvalue weighted by Crippen LogP contribution is 2.03. The number of carbonyl (C=O) groups is 2. The minimum atomic E-state index is -0.401. The van der Waals surface area contributed by atoms with E-state index in [0.29, 0.717) is 6.54 Å². The highest BCUT2D eigenvalue weighted by molar-refractivity contribution is 9.10. The van der Waals surface area contributed by atoms with Gasteiger partial charge in [-0.1, -0.05) is 15.9 Å². The summed E-state index contributed by atoms with van der Waals surface area (Å²) in [6, 6.07) is 0. The van der Waals surface area contributed by atoms with Gasteiger partial charge < -0.3 is 10.1 Å². The summed E-state index contributed by atoms with van der Waals surface area (Å²) in [5, 5.41) is 2.50. The van der Waals surface area contributed by atoms with Crippen molar-refractivity contribution in [1.29, 1.82) is 0 Å². The molecule has 1 unspecified atom stereocenters. The zero-order valence-electron chi connectivity index (χ0n) is 8.54. The molecule has 0 heterocycles. The average molecular weight is 267 g/mol. The number of esters is 1. The molecule has 0 saturated carbocycles. The maximum absolute atomic E-state index is 11.0. The molecule has 0 bridgehead atoms. The van der Waals surface area contributed by atoms with Crippen LogP contribution in [0.5, 0.6) is 0 Å². The van der Waals surface area contributed by atoms with Gasteiger partial charge in [-0.2, -0.15) is 0 Å². The van der Waals surface area contributed by atoms with Crippen LogP contribution < -0.4 is 5.32 Å². The number of rotatable bonds is 5. The van der Waals surface area contributed by atoms with Crippen LogP contribution in [0.3, 0.4) is 0 Å². The molecule has 0 aromatic carbocycles. The molecule has 0 aliphatic heterocycles. The van der Waals surface area contributed by atoms with Crippen molar-refractivity contribution in [2.75, 3.05) is 34.3 Å². The molecular formula is C8H15BrN2O3. The van der Waals surface area contributed by atoms with Gasteiger partial charge >= 0.3 is 5.97 Å². The number of halogens is 1. The Morgan fingerprint density at radius 3 is 2.57 bits per heavy atom. The predicted molar refractivity (Wildman–Crippen MR) is 56.3 cm³/mol. The number of nitrogens with zero attached hydrogens (tertiary/aromatic N) is 1. The summed E-state index contributed by atoms with van der Waals surface area (Å²) in [7, 11) is 4.66. The maximum atomic E-state index is 11.0. The van der Waals surface area contributed by atoms with Gasteiger partial charge in [-0.25, -0.2) is 0 Å². The monoisotopic (exact) mass is 266 g/mol. The fraction of sp³-hybridized carbons (Fsp3) is 0.750. The Bertz CT molecular complexity index is 211. The lowest BCUT2D eigenvalue weighted by atomic mass is 10.4. The Labute approximate surface area is 91.9 Å². The second-order valence-electron chi connectivity index (χ2n) is 2.86. The molecule has 82 valence electrons. The fourth-order valence-corrected chi connectivity index (χ4v) is 1.55. The maximum Gasteiger partial charge on any atom is 0.320 e. The van der Waals surface area contributed by atoms with E-state index in [1.54, 1.807) is 19.0 Å². The van der Waals surface area contributed by atoms with E-state index in [9.17, 15) is 9.59 Å². The normalized spacial score (nSPS) is 12.4. The average Bonchev–Trinajstić information content (AvgIpc) is 2.15. The Balaban J connectivity index is 3.87. The summed E-state index contributed by atoms with van der Waals surface area (Å²) in [5.41, 5.74) is 0. The first-order valence-electron chi connectivity index (χ1n) is 4.12. The highest BCUT2D eigenvalue weighted by Gasteiger charge is 2.18. The third-order valence-electron chi connectivity index (χ3n) is 1.62. The minimum absolute atomic E-state index is 0.0861. The van der Waals surface area contributed by atoms with Crippen molar-refractivity contribution in [3.05, 3.63) is 0 Å². The third kappa shape index (κ3) is 5.18. The van der Waals surface area contributed by atoms with Crippen LogP contribution in [0.25, 0.3) is 0 Å². The van der Waals surface area contributed by atoms with Crippen LogP contribution in [-0.4, -0.2) is 55.9 Å². The SMILES string of the molecule is CNC(=O)CN(C)CC(Br)C(=O)OC. The zero-order chi connectivity index (χ0) is 11.1. The summed E-state index contributed by atoms with van der Waals surface area (Å²) >= 11 is 3.17. The van der Waals surface area contributed by atoms with Crippen molar-refractivity contribution in [3.63, 3.8) is 0 Å². The molecule has 0 radical (unpaired) electrons. The molecule has 1 atom stereocenters. The Morgan fingerprint density at radius 2 is 2.14 bits per heavy atom. The number of hydrogen-bond acceptors (Lipinski definition) is 4. The lowest BCUT2D eigenvalue weighted by Crippen LogP contribution is -2.38. The lowest BCUT2D eigenvalue weighted by Gasteiger charge is -2.17. The molecule has 0 aromatic heterocycles. The highest BCUT2D eigenvalue weighted by atomic mass is 79.9. The third-order valence-corrected chi connectivity index (χ3v) is 2.28. The van der Waals surface area contributed by atoms with E-state index < -0.39 is 4.83 Å². The molecule has 1 amide bonds.